The third kappa shape index (κ3) is 2.16. The van der Waals surface area contributed by atoms with E-state index >= 15 is 0 Å². The van der Waals surface area contributed by atoms with Crippen molar-refractivity contribution in [1.29, 1.82) is 0 Å². The van der Waals surface area contributed by atoms with Crippen LogP contribution < -0.4 is 5.32 Å². The molecule has 0 saturated heterocycles. The van der Waals surface area contributed by atoms with Gasteiger partial charge in [0.2, 0.25) is 0 Å². The Hall–Kier alpha value is -0.820. The van der Waals surface area contributed by atoms with E-state index in [1.54, 1.807) is 0 Å². The number of hydrogen-bond donors (Lipinski definition) is 1. The van der Waals surface area contributed by atoms with E-state index in [4.69, 9.17) is 0 Å². The quantitative estimate of drug-likeness (QED) is 0.773. The van der Waals surface area contributed by atoms with Crippen LogP contribution in [0.2, 0.25) is 0 Å². The van der Waals surface area contributed by atoms with Crippen LogP contribution in [0.3, 0.4) is 0 Å². The van der Waals surface area contributed by atoms with Crippen LogP contribution in [0.4, 0.5) is 0 Å². The van der Waals surface area contributed by atoms with Gasteiger partial charge in [-0.3, -0.25) is 0 Å². The lowest BCUT2D eigenvalue weighted by Gasteiger charge is -2.28. The normalized spacial score (nSPS) is 12.1. The van der Waals surface area contributed by atoms with E-state index in [2.05, 4.69) is 57.3 Å². The fraction of sp³-hybridized carbons (Fsp3) is 0.538. The first-order chi connectivity index (χ1) is 6.49. The Bertz CT molecular complexity index is 300. The lowest BCUT2D eigenvalue weighted by atomic mass is 9.86. The molecule has 1 aromatic rings. The lowest BCUT2D eigenvalue weighted by Crippen LogP contribution is -2.34. The molecule has 0 unspecified atom stereocenters. The molecule has 1 nitrogen and oxygen atoms in total. The Balaban J connectivity index is 3.20. The van der Waals surface area contributed by atoms with Gasteiger partial charge in [-0.2, -0.15) is 0 Å². The summed E-state index contributed by atoms with van der Waals surface area (Å²) in [4.78, 5) is 0. The summed E-state index contributed by atoms with van der Waals surface area (Å²) in [5.74, 6) is 0.582. The van der Waals surface area contributed by atoms with Crippen LogP contribution in [-0.2, 0) is 5.54 Å². The van der Waals surface area contributed by atoms with Gasteiger partial charge in [0.05, 0.1) is 0 Å². The highest BCUT2D eigenvalue weighted by atomic mass is 14.9. The Labute approximate surface area is 87.5 Å². The third-order valence-corrected chi connectivity index (χ3v) is 2.88. The second-order valence-electron chi connectivity index (χ2n) is 4.62. The highest BCUT2D eigenvalue weighted by molar-refractivity contribution is 5.34. The van der Waals surface area contributed by atoms with Crippen molar-refractivity contribution in [2.24, 2.45) is 0 Å². The molecule has 0 aliphatic rings. The van der Waals surface area contributed by atoms with Crippen molar-refractivity contribution in [1.82, 2.24) is 5.32 Å². The summed E-state index contributed by atoms with van der Waals surface area (Å²) < 4.78 is 0. The van der Waals surface area contributed by atoms with Crippen LogP contribution in [0.1, 0.15) is 44.7 Å². The molecule has 0 aliphatic carbocycles. The Kier molecular flexibility index (Phi) is 3.33. The van der Waals surface area contributed by atoms with Gasteiger partial charge >= 0.3 is 0 Å². The molecule has 0 saturated carbocycles. The van der Waals surface area contributed by atoms with Crippen molar-refractivity contribution in [3.8, 4) is 0 Å². The molecule has 78 valence electrons. The van der Waals surface area contributed by atoms with E-state index in [1.807, 2.05) is 7.05 Å². The molecule has 0 heterocycles. The van der Waals surface area contributed by atoms with E-state index in [-0.39, 0.29) is 5.54 Å². The molecular weight excluding hydrogens is 170 g/mol. The predicted octanol–water partition coefficient (Wildman–Crippen LogP) is 3.26. The summed E-state index contributed by atoms with van der Waals surface area (Å²) in [6.07, 6.45) is 0. The van der Waals surface area contributed by atoms with Crippen molar-refractivity contribution in [3.63, 3.8) is 0 Å². The molecule has 0 radical (unpaired) electrons. The van der Waals surface area contributed by atoms with E-state index in [0.29, 0.717) is 5.92 Å². The minimum absolute atomic E-state index is 0.0564. The second kappa shape index (κ2) is 4.14. The molecule has 0 spiro atoms. The molecule has 1 rings (SSSR count). The summed E-state index contributed by atoms with van der Waals surface area (Å²) in [5, 5.41) is 3.35. The van der Waals surface area contributed by atoms with Crippen molar-refractivity contribution in [2.75, 3.05) is 7.05 Å². The SMILES string of the molecule is CNC(C)(C)c1ccccc1C(C)C. The first-order valence-electron chi connectivity index (χ1n) is 5.27. The maximum absolute atomic E-state index is 3.35. The van der Waals surface area contributed by atoms with Crippen LogP contribution in [0.15, 0.2) is 24.3 Å². The maximum atomic E-state index is 3.35. The molecule has 0 fully saturated rings. The fourth-order valence-electron chi connectivity index (χ4n) is 1.70. The van der Waals surface area contributed by atoms with Gasteiger partial charge in [-0.05, 0) is 37.9 Å². The second-order valence-corrected chi connectivity index (χ2v) is 4.62. The van der Waals surface area contributed by atoms with E-state index in [0.717, 1.165) is 0 Å². The fourth-order valence-corrected chi connectivity index (χ4v) is 1.70. The van der Waals surface area contributed by atoms with Crippen LogP contribution in [-0.4, -0.2) is 7.05 Å². The monoisotopic (exact) mass is 191 g/mol. The van der Waals surface area contributed by atoms with Crippen molar-refractivity contribution in [3.05, 3.63) is 35.4 Å². The van der Waals surface area contributed by atoms with Crippen molar-refractivity contribution >= 4 is 0 Å². The summed E-state index contributed by atoms with van der Waals surface area (Å²) in [7, 11) is 2.01. The van der Waals surface area contributed by atoms with Gasteiger partial charge in [0.25, 0.3) is 0 Å². The summed E-state index contributed by atoms with van der Waals surface area (Å²) in [6.45, 7) is 8.91. The number of benzene rings is 1. The van der Waals surface area contributed by atoms with E-state index < -0.39 is 0 Å². The Morgan fingerprint density at radius 1 is 1.14 bits per heavy atom. The van der Waals surface area contributed by atoms with Gasteiger partial charge in [-0.25, -0.2) is 0 Å². The van der Waals surface area contributed by atoms with Gasteiger partial charge in [0, 0.05) is 5.54 Å². The first kappa shape index (κ1) is 11.3. The zero-order chi connectivity index (χ0) is 10.8. The van der Waals surface area contributed by atoms with E-state index in [1.165, 1.54) is 11.1 Å². The predicted molar refractivity (Wildman–Crippen MR) is 62.6 cm³/mol. The molecule has 0 aliphatic heterocycles. The Morgan fingerprint density at radius 3 is 2.21 bits per heavy atom. The minimum atomic E-state index is 0.0564. The molecule has 0 amide bonds. The molecule has 1 heteroatoms. The van der Waals surface area contributed by atoms with Gasteiger partial charge in [-0.1, -0.05) is 38.1 Å². The smallest absolute Gasteiger partial charge is 0.0377 e. The zero-order valence-electron chi connectivity index (χ0n) is 9.89. The Morgan fingerprint density at radius 2 is 1.71 bits per heavy atom. The standard InChI is InChI=1S/C13H21N/c1-10(2)11-8-6-7-9-12(11)13(3,4)14-5/h6-10,14H,1-5H3. The molecule has 14 heavy (non-hydrogen) atoms. The van der Waals surface area contributed by atoms with E-state index in [9.17, 15) is 0 Å². The number of nitrogens with one attached hydrogen (secondary N) is 1. The van der Waals surface area contributed by atoms with Gasteiger partial charge < -0.3 is 5.32 Å². The number of rotatable bonds is 3. The summed E-state index contributed by atoms with van der Waals surface area (Å²) in [6, 6.07) is 8.66. The average Bonchev–Trinajstić information content (AvgIpc) is 2.18. The summed E-state index contributed by atoms with van der Waals surface area (Å²) >= 11 is 0. The first-order valence-corrected chi connectivity index (χ1v) is 5.27. The van der Waals surface area contributed by atoms with Crippen LogP contribution in [0.25, 0.3) is 0 Å². The van der Waals surface area contributed by atoms with Gasteiger partial charge in [-0.15, -0.1) is 0 Å². The molecule has 0 atom stereocenters. The molecule has 0 bridgehead atoms. The molecular formula is C13H21N. The summed E-state index contributed by atoms with van der Waals surface area (Å²) in [5.41, 5.74) is 2.89. The largest absolute Gasteiger partial charge is 0.311 e. The van der Waals surface area contributed by atoms with Crippen LogP contribution >= 0.6 is 0 Å². The zero-order valence-corrected chi connectivity index (χ0v) is 9.89. The number of hydrogen-bond acceptors (Lipinski definition) is 1. The highest BCUT2D eigenvalue weighted by Crippen LogP contribution is 2.28. The minimum Gasteiger partial charge on any atom is -0.311 e. The van der Waals surface area contributed by atoms with Crippen LogP contribution in [0.5, 0.6) is 0 Å². The lowest BCUT2D eigenvalue weighted by molar-refractivity contribution is 0.439. The molecule has 1 N–H and O–H groups in total. The molecule has 1 aromatic carbocycles. The van der Waals surface area contributed by atoms with Crippen molar-refractivity contribution in [2.45, 2.75) is 39.2 Å². The third-order valence-electron chi connectivity index (χ3n) is 2.88. The average molecular weight is 191 g/mol. The molecule has 0 aromatic heterocycles. The highest BCUT2D eigenvalue weighted by Gasteiger charge is 2.21. The van der Waals surface area contributed by atoms with Crippen molar-refractivity contribution < 1.29 is 0 Å². The maximum Gasteiger partial charge on any atom is 0.0377 e. The van der Waals surface area contributed by atoms with Gasteiger partial charge in [0.1, 0.15) is 0 Å². The van der Waals surface area contributed by atoms with Gasteiger partial charge in [0.15, 0.2) is 0 Å². The van der Waals surface area contributed by atoms with Crippen LogP contribution in [0, 0.1) is 0 Å². The topological polar surface area (TPSA) is 12.0 Å².